The van der Waals surface area contributed by atoms with Crippen molar-refractivity contribution in [3.05, 3.63) is 45.8 Å². The van der Waals surface area contributed by atoms with Crippen molar-refractivity contribution in [2.24, 2.45) is 0 Å². The highest BCUT2D eigenvalue weighted by molar-refractivity contribution is 7.17. The average molecular weight is 373 g/mol. The van der Waals surface area contributed by atoms with E-state index in [2.05, 4.69) is 12.2 Å². The first-order valence-electron chi connectivity index (χ1n) is 8.83. The zero-order valence-electron chi connectivity index (χ0n) is 15.3. The van der Waals surface area contributed by atoms with E-state index in [1.807, 2.05) is 0 Å². The van der Waals surface area contributed by atoms with Crippen LogP contribution in [0.25, 0.3) is 0 Å². The second kappa shape index (κ2) is 7.91. The predicted octanol–water partition coefficient (Wildman–Crippen LogP) is 4.63. The number of carbonyl (C=O) groups is 2. The molecule has 6 heteroatoms. The van der Waals surface area contributed by atoms with E-state index in [4.69, 9.17) is 9.47 Å². The van der Waals surface area contributed by atoms with E-state index in [0.717, 1.165) is 24.8 Å². The first-order chi connectivity index (χ1) is 12.5. The van der Waals surface area contributed by atoms with Gasteiger partial charge < -0.3 is 14.8 Å². The van der Waals surface area contributed by atoms with Crippen LogP contribution in [0.4, 0.5) is 5.00 Å². The molecule has 2 aromatic rings. The number of benzene rings is 1. The molecule has 1 unspecified atom stereocenters. The molecule has 1 aromatic carbocycles. The molecule has 3 rings (SSSR count). The number of carbonyl (C=O) groups excluding carboxylic acids is 2. The van der Waals surface area contributed by atoms with Crippen LogP contribution in [0.5, 0.6) is 5.75 Å². The fraction of sp³-hybridized carbons (Fsp3) is 0.400. The molecule has 138 valence electrons. The normalized spacial score (nSPS) is 15.9. The summed E-state index contributed by atoms with van der Waals surface area (Å²) in [6.07, 6.45) is 3.07. The van der Waals surface area contributed by atoms with E-state index >= 15 is 0 Å². The van der Waals surface area contributed by atoms with Gasteiger partial charge in [-0.3, -0.25) is 4.79 Å². The zero-order chi connectivity index (χ0) is 18.7. The summed E-state index contributed by atoms with van der Waals surface area (Å²) in [5.41, 5.74) is 2.05. The molecule has 5 nitrogen and oxygen atoms in total. The Morgan fingerprint density at radius 3 is 2.88 bits per heavy atom. The minimum atomic E-state index is -0.361. The van der Waals surface area contributed by atoms with E-state index in [9.17, 15) is 9.59 Å². The van der Waals surface area contributed by atoms with Crippen LogP contribution in [0.15, 0.2) is 24.3 Å². The van der Waals surface area contributed by atoms with E-state index in [0.29, 0.717) is 28.5 Å². The van der Waals surface area contributed by atoms with Crippen molar-refractivity contribution in [2.75, 3.05) is 19.0 Å². The molecular weight excluding hydrogens is 350 g/mol. The first kappa shape index (κ1) is 18.5. The molecule has 0 bridgehead atoms. The molecule has 1 heterocycles. The second-order valence-electron chi connectivity index (χ2n) is 6.34. The minimum Gasteiger partial charge on any atom is -0.497 e. The van der Waals surface area contributed by atoms with Crippen molar-refractivity contribution < 1.29 is 19.1 Å². The molecule has 1 aromatic heterocycles. The van der Waals surface area contributed by atoms with E-state index in [-0.39, 0.29) is 17.8 Å². The standard InChI is InChI=1S/C20H23NO4S/c1-4-25-20(23)17-16-12(2)7-5-10-15(16)26-19(17)21-18(22)13-8-6-9-14(11-13)24-3/h6,8-9,11-12H,4-5,7,10H2,1-3H3,(H,21,22). The van der Waals surface area contributed by atoms with Gasteiger partial charge in [0.15, 0.2) is 0 Å². The van der Waals surface area contributed by atoms with Crippen molar-refractivity contribution in [1.82, 2.24) is 0 Å². The van der Waals surface area contributed by atoms with Gasteiger partial charge in [0.1, 0.15) is 10.8 Å². The van der Waals surface area contributed by atoms with Crippen molar-refractivity contribution in [2.45, 2.75) is 39.0 Å². The number of amides is 1. The Morgan fingerprint density at radius 1 is 1.35 bits per heavy atom. The summed E-state index contributed by atoms with van der Waals surface area (Å²) >= 11 is 1.49. The van der Waals surface area contributed by atoms with Gasteiger partial charge in [0, 0.05) is 10.4 Å². The summed E-state index contributed by atoms with van der Waals surface area (Å²) in [5, 5.41) is 3.50. The number of anilines is 1. The minimum absolute atomic E-state index is 0.263. The van der Waals surface area contributed by atoms with Crippen LogP contribution in [0.2, 0.25) is 0 Å². The summed E-state index contributed by atoms with van der Waals surface area (Å²) in [7, 11) is 1.56. The third kappa shape index (κ3) is 3.60. The number of hydrogen-bond donors (Lipinski definition) is 1. The molecule has 0 spiro atoms. The first-order valence-corrected chi connectivity index (χ1v) is 9.64. The van der Waals surface area contributed by atoms with E-state index in [1.54, 1.807) is 38.3 Å². The van der Waals surface area contributed by atoms with Crippen LogP contribution in [0.3, 0.4) is 0 Å². The molecule has 26 heavy (non-hydrogen) atoms. The molecule has 0 aliphatic heterocycles. The number of methoxy groups -OCH3 is 1. The lowest BCUT2D eigenvalue weighted by Gasteiger charge is -2.19. The third-order valence-electron chi connectivity index (χ3n) is 4.59. The fourth-order valence-corrected chi connectivity index (χ4v) is 4.69. The number of nitrogens with one attached hydrogen (secondary N) is 1. The number of thiophene rings is 1. The number of aryl methyl sites for hydroxylation is 1. The van der Waals surface area contributed by atoms with Gasteiger partial charge in [-0.25, -0.2) is 4.79 Å². The van der Waals surface area contributed by atoms with Crippen LogP contribution in [0, 0.1) is 0 Å². The average Bonchev–Trinajstić information content (AvgIpc) is 3.01. The van der Waals surface area contributed by atoms with Crippen molar-refractivity contribution in [3.63, 3.8) is 0 Å². The quantitative estimate of drug-likeness (QED) is 0.777. The van der Waals surface area contributed by atoms with Crippen LogP contribution >= 0.6 is 11.3 Å². The van der Waals surface area contributed by atoms with Gasteiger partial charge in [0.2, 0.25) is 0 Å². The SMILES string of the molecule is CCOC(=O)c1c(NC(=O)c2cccc(OC)c2)sc2c1C(C)CCC2. The maximum atomic E-state index is 12.7. The molecule has 1 N–H and O–H groups in total. The van der Waals surface area contributed by atoms with Gasteiger partial charge in [0.25, 0.3) is 5.91 Å². The number of hydrogen-bond acceptors (Lipinski definition) is 5. The van der Waals surface area contributed by atoms with E-state index in [1.165, 1.54) is 16.2 Å². The summed E-state index contributed by atoms with van der Waals surface area (Å²) in [6.45, 7) is 4.22. The fourth-order valence-electron chi connectivity index (χ4n) is 3.34. The topological polar surface area (TPSA) is 64.6 Å². The zero-order valence-corrected chi connectivity index (χ0v) is 16.1. The highest BCUT2D eigenvalue weighted by Crippen LogP contribution is 2.43. The Morgan fingerprint density at radius 2 is 2.15 bits per heavy atom. The largest absolute Gasteiger partial charge is 0.497 e. The summed E-state index contributed by atoms with van der Waals surface area (Å²) in [6, 6.07) is 6.95. The maximum absolute atomic E-state index is 12.7. The van der Waals surface area contributed by atoms with Gasteiger partial charge in [0.05, 0.1) is 19.3 Å². The van der Waals surface area contributed by atoms with Gasteiger partial charge in [-0.05, 0) is 55.9 Å². The molecule has 1 atom stereocenters. The molecule has 1 aliphatic rings. The molecule has 0 saturated carbocycles. The summed E-state index contributed by atoms with van der Waals surface area (Å²) in [4.78, 5) is 26.4. The Labute approximate surface area is 157 Å². The maximum Gasteiger partial charge on any atom is 0.341 e. The number of rotatable bonds is 5. The van der Waals surface area contributed by atoms with Crippen molar-refractivity contribution in [3.8, 4) is 5.75 Å². The van der Waals surface area contributed by atoms with Gasteiger partial charge in [-0.1, -0.05) is 13.0 Å². The monoisotopic (exact) mass is 373 g/mol. The number of esters is 1. The third-order valence-corrected chi connectivity index (χ3v) is 5.78. The molecule has 0 saturated heterocycles. The van der Waals surface area contributed by atoms with Crippen LogP contribution in [-0.4, -0.2) is 25.6 Å². The van der Waals surface area contributed by atoms with E-state index < -0.39 is 0 Å². The Balaban J connectivity index is 1.96. The predicted molar refractivity (Wildman–Crippen MR) is 103 cm³/mol. The van der Waals surface area contributed by atoms with Gasteiger partial charge >= 0.3 is 5.97 Å². The second-order valence-corrected chi connectivity index (χ2v) is 7.45. The van der Waals surface area contributed by atoms with Crippen LogP contribution < -0.4 is 10.1 Å². The Bertz CT molecular complexity index is 827. The highest BCUT2D eigenvalue weighted by atomic mass is 32.1. The lowest BCUT2D eigenvalue weighted by Crippen LogP contribution is -2.16. The Hall–Kier alpha value is -2.34. The molecule has 1 amide bonds. The summed E-state index contributed by atoms with van der Waals surface area (Å²) in [5.74, 6) is 0.277. The van der Waals surface area contributed by atoms with Gasteiger partial charge in [-0.2, -0.15) is 0 Å². The molecule has 1 aliphatic carbocycles. The Kier molecular flexibility index (Phi) is 5.61. The van der Waals surface area contributed by atoms with Crippen LogP contribution in [0.1, 0.15) is 63.8 Å². The summed E-state index contributed by atoms with van der Waals surface area (Å²) < 4.78 is 10.4. The highest BCUT2D eigenvalue weighted by Gasteiger charge is 2.30. The van der Waals surface area contributed by atoms with Gasteiger partial charge in [-0.15, -0.1) is 11.3 Å². The number of fused-ring (bicyclic) bond motifs is 1. The van der Waals surface area contributed by atoms with Crippen molar-refractivity contribution in [1.29, 1.82) is 0 Å². The smallest absolute Gasteiger partial charge is 0.341 e. The van der Waals surface area contributed by atoms with Crippen LogP contribution in [-0.2, 0) is 11.2 Å². The lowest BCUT2D eigenvalue weighted by atomic mass is 9.86. The molecule has 0 fully saturated rings. The lowest BCUT2D eigenvalue weighted by molar-refractivity contribution is 0.0526. The molecule has 0 radical (unpaired) electrons. The number of ether oxygens (including phenoxy) is 2. The molecular formula is C20H23NO4S. The van der Waals surface area contributed by atoms with Crippen molar-refractivity contribution >= 4 is 28.2 Å².